The van der Waals surface area contributed by atoms with Crippen LogP contribution in [0, 0.1) is 5.82 Å². The van der Waals surface area contributed by atoms with Crippen LogP contribution in [0.15, 0.2) is 36.5 Å². The molecule has 2 saturated heterocycles. The molecule has 8 heteroatoms. The number of rotatable bonds is 4. The minimum absolute atomic E-state index is 0.0197. The highest BCUT2D eigenvalue weighted by molar-refractivity contribution is 5.91. The molecule has 0 saturated carbocycles. The molecular weight excluding hydrogens is 385 g/mol. The molecule has 2 aliphatic rings. The minimum Gasteiger partial charge on any atom is -0.349 e. The molecule has 160 valence electrons. The van der Waals surface area contributed by atoms with Crippen LogP contribution < -0.4 is 10.6 Å². The lowest BCUT2D eigenvalue weighted by molar-refractivity contribution is -0.123. The van der Waals surface area contributed by atoms with Gasteiger partial charge in [-0.3, -0.25) is 19.2 Å². The number of fused-ring (bicyclic) bond motifs is 1. The summed E-state index contributed by atoms with van der Waals surface area (Å²) in [4.78, 5) is 27.4. The zero-order valence-electron chi connectivity index (χ0n) is 17.4. The number of likely N-dealkylation sites (tertiary alicyclic amines) is 1. The fraction of sp³-hybridized carbons (Fsp3) is 0.500. The van der Waals surface area contributed by atoms with Gasteiger partial charge in [-0.2, -0.15) is 5.10 Å². The van der Waals surface area contributed by atoms with Crippen molar-refractivity contribution in [3.05, 3.63) is 47.9 Å². The monoisotopic (exact) mass is 413 g/mol. The number of nitrogens with one attached hydrogen (secondary N) is 2. The summed E-state index contributed by atoms with van der Waals surface area (Å²) in [6.45, 7) is 2.24. The predicted octanol–water partition coefficient (Wildman–Crippen LogP) is 2.76. The molecule has 2 aromatic rings. The molecule has 0 unspecified atom stereocenters. The van der Waals surface area contributed by atoms with Crippen LogP contribution >= 0.6 is 0 Å². The van der Waals surface area contributed by atoms with E-state index in [2.05, 4.69) is 27.6 Å². The Morgan fingerprint density at radius 1 is 1.30 bits per heavy atom. The van der Waals surface area contributed by atoms with Crippen LogP contribution in [0.4, 0.5) is 10.2 Å². The molecule has 4 rings (SSSR count). The summed E-state index contributed by atoms with van der Waals surface area (Å²) in [6, 6.07) is 8.12. The van der Waals surface area contributed by atoms with Gasteiger partial charge >= 0.3 is 0 Å². The van der Waals surface area contributed by atoms with Crippen molar-refractivity contribution in [2.24, 2.45) is 7.05 Å². The average Bonchev–Trinajstić information content (AvgIpc) is 3.19. The summed E-state index contributed by atoms with van der Waals surface area (Å²) in [7, 11) is 1.79. The van der Waals surface area contributed by atoms with Crippen molar-refractivity contribution >= 4 is 17.6 Å². The molecule has 0 bridgehead atoms. The molecule has 1 aromatic carbocycles. The predicted molar refractivity (Wildman–Crippen MR) is 111 cm³/mol. The van der Waals surface area contributed by atoms with E-state index in [4.69, 9.17) is 0 Å². The molecule has 1 aromatic heterocycles. The van der Waals surface area contributed by atoms with Gasteiger partial charge in [-0.05, 0) is 43.9 Å². The van der Waals surface area contributed by atoms with Gasteiger partial charge in [0.1, 0.15) is 5.82 Å². The lowest BCUT2D eigenvalue weighted by Gasteiger charge is -2.38. The molecule has 2 amide bonds. The van der Waals surface area contributed by atoms with Gasteiger partial charge in [0.15, 0.2) is 5.82 Å². The number of hydrogen-bond donors (Lipinski definition) is 2. The highest BCUT2D eigenvalue weighted by Gasteiger charge is 2.50. The fourth-order valence-corrected chi connectivity index (χ4v) is 4.91. The van der Waals surface area contributed by atoms with Crippen LogP contribution in [0.2, 0.25) is 0 Å². The van der Waals surface area contributed by atoms with E-state index in [-0.39, 0.29) is 36.3 Å². The van der Waals surface area contributed by atoms with Crippen LogP contribution in [-0.2, 0) is 16.6 Å². The topological polar surface area (TPSA) is 79.3 Å². The maximum Gasteiger partial charge on any atom is 0.239 e. The Balaban J connectivity index is 1.62. The standard InChI is InChI=1S/C22H28FN5O2/c1-22-13-17(15-7-9-16(23)10-8-15)28(18(22)5-3-4-6-20(29)25-22)14-21(30)24-19-11-12-27(2)26-19/h7-12,17-18H,3-6,13-14H2,1-2H3,(H,25,29)(H,24,26,30)/t17-,18-,22-/m0/s1. The van der Waals surface area contributed by atoms with Gasteiger partial charge in [0, 0.05) is 37.8 Å². The molecule has 0 radical (unpaired) electrons. The summed E-state index contributed by atoms with van der Waals surface area (Å²) in [5.41, 5.74) is 0.506. The Hall–Kier alpha value is -2.74. The van der Waals surface area contributed by atoms with Crippen LogP contribution in [0.25, 0.3) is 0 Å². The van der Waals surface area contributed by atoms with Crippen molar-refractivity contribution in [1.82, 2.24) is 20.0 Å². The van der Waals surface area contributed by atoms with Gasteiger partial charge in [0.05, 0.1) is 12.1 Å². The molecule has 2 fully saturated rings. The highest BCUT2D eigenvalue weighted by atomic mass is 19.1. The summed E-state index contributed by atoms with van der Waals surface area (Å²) in [5, 5.41) is 10.3. The molecule has 3 heterocycles. The SMILES string of the molecule is Cn1ccc(NC(=O)CN2[C@H]3CCCCC(=O)N[C@@]3(C)C[C@H]2c2ccc(F)cc2)n1. The number of halogens is 1. The molecule has 30 heavy (non-hydrogen) atoms. The Bertz CT molecular complexity index is 928. The molecule has 0 spiro atoms. The highest BCUT2D eigenvalue weighted by Crippen LogP contribution is 2.44. The van der Waals surface area contributed by atoms with Crippen molar-refractivity contribution in [1.29, 1.82) is 0 Å². The maximum atomic E-state index is 13.5. The van der Waals surface area contributed by atoms with E-state index in [9.17, 15) is 14.0 Å². The van der Waals surface area contributed by atoms with E-state index in [1.807, 2.05) is 0 Å². The van der Waals surface area contributed by atoms with Gasteiger partial charge in [0.2, 0.25) is 11.8 Å². The zero-order valence-corrected chi connectivity index (χ0v) is 17.4. The maximum absolute atomic E-state index is 13.5. The van der Waals surface area contributed by atoms with Crippen molar-refractivity contribution < 1.29 is 14.0 Å². The summed E-state index contributed by atoms with van der Waals surface area (Å²) < 4.78 is 15.1. The number of aryl methyl sites for hydroxylation is 1. The Labute approximate surface area is 175 Å². The number of aromatic nitrogens is 2. The van der Waals surface area contributed by atoms with Crippen LogP contribution in [0.5, 0.6) is 0 Å². The number of hydrogen-bond acceptors (Lipinski definition) is 4. The number of anilines is 1. The second kappa shape index (κ2) is 8.18. The van der Waals surface area contributed by atoms with E-state index in [0.717, 1.165) is 24.8 Å². The van der Waals surface area contributed by atoms with E-state index >= 15 is 0 Å². The Morgan fingerprint density at radius 3 is 2.77 bits per heavy atom. The normalized spacial score (nSPS) is 27.1. The molecular formula is C22H28FN5O2. The molecule has 0 aliphatic carbocycles. The van der Waals surface area contributed by atoms with E-state index in [0.29, 0.717) is 18.7 Å². The van der Waals surface area contributed by atoms with Crippen LogP contribution in [0.1, 0.15) is 50.6 Å². The van der Waals surface area contributed by atoms with Gasteiger partial charge in [-0.15, -0.1) is 0 Å². The molecule has 7 nitrogen and oxygen atoms in total. The van der Waals surface area contributed by atoms with Crippen molar-refractivity contribution in [2.45, 2.75) is 56.7 Å². The van der Waals surface area contributed by atoms with E-state index in [1.54, 1.807) is 36.1 Å². The molecule has 2 aliphatic heterocycles. The van der Waals surface area contributed by atoms with Crippen LogP contribution in [-0.4, -0.2) is 44.6 Å². The number of amides is 2. The Kier molecular flexibility index (Phi) is 5.60. The first-order valence-corrected chi connectivity index (χ1v) is 10.5. The second-order valence-corrected chi connectivity index (χ2v) is 8.59. The molecule has 2 N–H and O–H groups in total. The smallest absolute Gasteiger partial charge is 0.239 e. The van der Waals surface area contributed by atoms with Gasteiger partial charge in [0.25, 0.3) is 0 Å². The van der Waals surface area contributed by atoms with Crippen molar-refractivity contribution in [2.75, 3.05) is 11.9 Å². The van der Waals surface area contributed by atoms with Gasteiger partial charge < -0.3 is 10.6 Å². The third kappa shape index (κ3) is 4.23. The third-order valence-electron chi connectivity index (χ3n) is 6.27. The fourth-order valence-electron chi connectivity index (χ4n) is 4.91. The van der Waals surface area contributed by atoms with E-state index < -0.39 is 5.54 Å². The first kappa shape index (κ1) is 20.5. The number of nitrogens with zero attached hydrogens (tertiary/aromatic N) is 3. The average molecular weight is 413 g/mol. The first-order chi connectivity index (χ1) is 14.3. The largest absolute Gasteiger partial charge is 0.349 e. The third-order valence-corrected chi connectivity index (χ3v) is 6.27. The Morgan fingerprint density at radius 2 is 2.07 bits per heavy atom. The number of carbonyl (C=O) groups is 2. The minimum atomic E-state index is -0.443. The van der Waals surface area contributed by atoms with Crippen molar-refractivity contribution in [3.63, 3.8) is 0 Å². The van der Waals surface area contributed by atoms with Gasteiger partial charge in [-0.1, -0.05) is 18.6 Å². The summed E-state index contributed by atoms with van der Waals surface area (Å²) in [6.07, 6.45) is 5.64. The second-order valence-electron chi connectivity index (χ2n) is 8.59. The molecule has 3 atom stereocenters. The quantitative estimate of drug-likeness (QED) is 0.808. The summed E-state index contributed by atoms with van der Waals surface area (Å²) >= 11 is 0. The van der Waals surface area contributed by atoms with Crippen LogP contribution in [0.3, 0.4) is 0 Å². The number of benzene rings is 1. The lowest BCUT2D eigenvalue weighted by atomic mass is 9.85. The number of carbonyl (C=O) groups excluding carboxylic acids is 2. The van der Waals surface area contributed by atoms with Crippen molar-refractivity contribution in [3.8, 4) is 0 Å². The summed E-state index contributed by atoms with van der Waals surface area (Å²) in [5.74, 6) is 0.119. The first-order valence-electron chi connectivity index (χ1n) is 10.5. The van der Waals surface area contributed by atoms with E-state index in [1.165, 1.54) is 12.1 Å². The lowest BCUT2D eigenvalue weighted by Crippen LogP contribution is -2.56. The zero-order chi connectivity index (χ0) is 21.3. The van der Waals surface area contributed by atoms with Gasteiger partial charge in [-0.25, -0.2) is 4.39 Å².